The van der Waals surface area contributed by atoms with E-state index in [9.17, 15) is 19.2 Å². The molecule has 1 fully saturated rings. The number of nitrogens with one attached hydrogen (secondary N) is 1. The third kappa shape index (κ3) is 4.20. The van der Waals surface area contributed by atoms with Crippen molar-refractivity contribution in [2.45, 2.75) is 0 Å². The number of anilines is 1. The average molecular weight is 404 g/mol. The number of hydrogen-bond donors (Lipinski definition) is 1. The molecule has 1 saturated heterocycles. The Kier molecular flexibility index (Phi) is 5.94. The van der Waals surface area contributed by atoms with Crippen LogP contribution in [0.1, 0.15) is 15.9 Å². The molecular weight excluding hydrogens is 388 g/mol. The lowest BCUT2D eigenvalue weighted by Crippen LogP contribution is -2.54. The number of imide groups is 2. The van der Waals surface area contributed by atoms with Crippen LogP contribution in [0.4, 0.5) is 10.5 Å². The third-order valence-electron chi connectivity index (χ3n) is 4.16. The molecule has 2 aromatic rings. The summed E-state index contributed by atoms with van der Waals surface area (Å²) in [6.45, 7) is 0.118. The van der Waals surface area contributed by atoms with Crippen molar-refractivity contribution >= 4 is 35.6 Å². The van der Waals surface area contributed by atoms with Crippen LogP contribution in [0.5, 0.6) is 5.75 Å². The van der Waals surface area contributed by atoms with E-state index < -0.39 is 23.8 Å². The van der Waals surface area contributed by atoms with Crippen LogP contribution in [-0.4, -0.2) is 37.5 Å². The number of amides is 4. The first kappa shape index (κ1) is 20.4. The highest BCUT2D eigenvalue weighted by Gasteiger charge is 2.36. The van der Waals surface area contributed by atoms with Crippen LogP contribution < -0.4 is 15.0 Å². The van der Waals surface area contributed by atoms with Crippen LogP contribution in [0, 0.1) is 12.3 Å². The first-order valence-electron chi connectivity index (χ1n) is 8.70. The summed E-state index contributed by atoms with van der Waals surface area (Å²) in [4.78, 5) is 49.7. The molecular formula is C22H16N2O6. The fraction of sp³-hybridized carbons (Fsp3) is 0.0909. The lowest BCUT2D eigenvalue weighted by atomic mass is 10.1. The highest BCUT2D eigenvalue weighted by atomic mass is 16.5. The summed E-state index contributed by atoms with van der Waals surface area (Å²) in [5, 5.41) is 2.14. The topological polar surface area (TPSA) is 102 Å². The van der Waals surface area contributed by atoms with Crippen LogP contribution in [0.2, 0.25) is 0 Å². The van der Waals surface area contributed by atoms with Crippen molar-refractivity contribution in [2.75, 3.05) is 18.6 Å². The van der Waals surface area contributed by atoms with Crippen LogP contribution in [-0.2, 0) is 14.3 Å². The SMILES string of the molecule is C#CCOc1ccc(/C=C2\C(=O)NC(=O)N(c3ccc(C(=O)OC)cc3)C2=O)cc1. The minimum atomic E-state index is -0.883. The smallest absolute Gasteiger partial charge is 0.337 e. The number of ether oxygens (including phenoxy) is 2. The molecule has 0 saturated carbocycles. The van der Waals surface area contributed by atoms with E-state index in [2.05, 4.69) is 16.0 Å². The number of nitrogens with zero attached hydrogens (tertiary/aromatic N) is 1. The van der Waals surface area contributed by atoms with Crippen LogP contribution in [0.25, 0.3) is 6.08 Å². The van der Waals surface area contributed by atoms with Crippen molar-refractivity contribution in [1.82, 2.24) is 5.32 Å². The molecule has 1 heterocycles. The van der Waals surface area contributed by atoms with Gasteiger partial charge in [0.25, 0.3) is 11.8 Å². The van der Waals surface area contributed by atoms with Gasteiger partial charge < -0.3 is 9.47 Å². The molecule has 3 rings (SSSR count). The summed E-state index contributed by atoms with van der Waals surface area (Å²) in [5.41, 5.74) is 0.785. The zero-order valence-electron chi connectivity index (χ0n) is 15.9. The minimum Gasteiger partial charge on any atom is -0.481 e. The molecule has 0 spiro atoms. The first-order valence-corrected chi connectivity index (χ1v) is 8.70. The van der Waals surface area contributed by atoms with Gasteiger partial charge in [-0.25, -0.2) is 14.5 Å². The van der Waals surface area contributed by atoms with Gasteiger partial charge in [-0.3, -0.25) is 14.9 Å². The van der Waals surface area contributed by atoms with Crippen molar-refractivity contribution in [3.8, 4) is 18.1 Å². The van der Waals surface area contributed by atoms with Crippen LogP contribution in [0.3, 0.4) is 0 Å². The number of hydrogen-bond acceptors (Lipinski definition) is 6. The molecule has 2 aromatic carbocycles. The number of carbonyl (C=O) groups is 4. The molecule has 0 bridgehead atoms. The molecule has 1 aliphatic heterocycles. The third-order valence-corrected chi connectivity index (χ3v) is 4.16. The number of benzene rings is 2. The van der Waals surface area contributed by atoms with Gasteiger partial charge in [0.2, 0.25) is 0 Å². The second-order valence-corrected chi connectivity index (χ2v) is 6.06. The molecule has 0 aromatic heterocycles. The summed E-state index contributed by atoms with van der Waals surface area (Å²) in [6.07, 6.45) is 6.51. The van der Waals surface area contributed by atoms with Gasteiger partial charge >= 0.3 is 12.0 Å². The molecule has 30 heavy (non-hydrogen) atoms. The Bertz CT molecular complexity index is 1080. The molecule has 0 radical (unpaired) electrons. The van der Waals surface area contributed by atoms with Crippen molar-refractivity contribution < 1.29 is 28.7 Å². The van der Waals surface area contributed by atoms with Crippen LogP contribution in [0.15, 0.2) is 54.1 Å². The molecule has 8 nitrogen and oxygen atoms in total. The summed E-state index contributed by atoms with van der Waals surface area (Å²) < 4.78 is 9.90. The van der Waals surface area contributed by atoms with Gasteiger partial charge in [0.1, 0.15) is 17.9 Å². The average Bonchev–Trinajstić information content (AvgIpc) is 2.75. The van der Waals surface area contributed by atoms with E-state index in [1.54, 1.807) is 24.3 Å². The van der Waals surface area contributed by atoms with Gasteiger partial charge in [0.15, 0.2) is 0 Å². The van der Waals surface area contributed by atoms with Crippen molar-refractivity contribution in [3.63, 3.8) is 0 Å². The largest absolute Gasteiger partial charge is 0.481 e. The van der Waals surface area contributed by atoms with Crippen molar-refractivity contribution in [3.05, 3.63) is 65.2 Å². The number of methoxy groups -OCH3 is 1. The Labute approximate surface area is 172 Å². The predicted octanol–water partition coefficient (Wildman–Crippen LogP) is 2.15. The van der Waals surface area contributed by atoms with E-state index in [0.29, 0.717) is 11.3 Å². The maximum atomic E-state index is 12.9. The standard InChI is InChI=1S/C22H16N2O6/c1-3-12-30-17-10-4-14(5-11-17)13-18-19(25)23-22(28)24(20(18)26)16-8-6-15(7-9-16)21(27)29-2/h1,4-11,13H,12H2,2H3,(H,23,25,28)/b18-13+. The van der Waals surface area contributed by atoms with E-state index >= 15 is 0 Å². The highest BCUT2D eigenvalue weighted by molar-refractivity contribution is 6.39. The minimum absolute atomic E-state index is 0.118. The number of terminal acetylenes is 1. The Morgan fingerprint density at radius 3 is 2.37 bits per heavy atom. The predicted molar refractivity (Wildman–Crippen MR) is 108 cm³/mol. The van der Waals surface area contributed by atoms with E-state index in [0.717, 1.165) is 4.90 Å². The zero-order chi connectivity index (χ0) is 21.7. The van der Waals surface area contributed by atoms with Gasteiger partial charge in [-0.15, -0.1) is 6.42 Å². The van der Waals surface area contributed by atoms with Crippen LogP contribution >= 0.6 is 0 Å². The van der Waals surface area contributed by atoms with Gasteiger partial charge in [-0.2, -0.15) is 0 Å². The lowest BCUT2D eigenvalue weighted by Gasteiger charge is -2.26. The summed E-state index contributed by atoms with van der Waals surface area (Å²) >= 11 is 0. The second kappa shape index (κ2) is 8.75. The summed E-state index contributed by atoms with van der Waals surface area (Å²) in [5.74, 6) is 0.740. The van der Waals surface area contributed by atoms with E-state index in [-0.39, 0.29) is 23.4 Å². The summed E-state index contributed by atoms with van der Waals surface area (Å²) in [7, 11) is 1.24. The number of carbonyl (C=O) groups excluding carboxylic acids is 4. The lowest BCUT2D eigenvalue weighted by molar-refractivity contribution is -0.122. The Hall–Kier alpha value is -4.38. The molecule has 1 aliphatic rings. The maximum Gasteiger partial charge on any atom is 0.337 e. The second-order valence-electron chi connectivity index (χ2n) is 6.06. The fourth-order valence-corrected chi connectivity index (χ4v) is 2.71. The highest BCUT2D eigenvalue weighted by Crippen LogP contribution is 2.23. The number of rotatable bonds is 5. The van der Waals surface area contributed by atoms with Gasteiger partial charge in [-0.05, 0) is 48.0 Å². The quantitative estimate of drug-likeness (QED) is 0.355. The maximum absolute atomic E-state index is 12.9. The molecule has 8 heteroatoms. The van der Waals surface area contributed by atoms with Crippen molar-refractivity contribution in [2.24, 2.45) is 0 Å². The molecule has 0 atom stereocenters. The van der Waals surface area contributed by atoms with E-state index in [1.807, 2.05) is 0 Å². The Morgan fingerprint density at radius 2 is 1.77 bits per heavy atom. The number of esters is 1. The molecule has 0 unspecified atom stereocenters. The monoisotopic (exact) mass is 404 g/mol. The fourth-order valence-electron chi connectivity index (χ4n) is 2.71. The van der Waals surface area contributed by atoms with Gasteiger partial charge in [-0.1, -0.05) is 18.1 Å². The Balaban J connectivity index is 1.88. The van der Waals surface area contributed by atoms with E-state index in [4.69, 9.17) is 11.2 Å². The Morgan fingerprint density at radius 1 is 1.10 bits per heavy atom. The van der Waals surface area contributed by atoms with Crippen molar-refractivity contribution in [1.29, 1.82) is 0 Å². The molecule has 1 N–H and O–H groups in total. The van der Waals surface area contributed by atoms with Gasteiger partial charge in [0, 0.05) is 0 Å². The van der Waals surface area contributed by atoms with Gasteiger partial charge in [0.05, 0.1) is 18.4 Å². The zero-order valence-corrected chi connectivity index (χ0v) is 15.9. The summed E-state index contributed by atoms with van der Waals surface area (Å²) in [6, 6.07) is 11.3. The molecule has 4 amide bonds. The first-order chi connectivity index (χ1) is 14.4. The normalized spacial score (nSPS) is 14.9. The number of barbiturate groups is 1. The molecule has 150 valence electrons. The number of urea groups is 1. The van der Waals surface area contributed by atoms with E-state index in [1.165, 1.54) is 37.5 Å². The molecule has 0 aliphatic carbocycles.